The molecule has 1 amide bonds. The number of amides is 1. The summed E-state index contributed by atoms with van der Waals surface area (Å²) in [6.45, 7) is 17.8. The van der Waals surface area contributed by atoms with Gasteiger partial charge in [-0.2, -0.15) is 0 Å². The second kappa shape index (κ2) is 19.4. The molecule has 2 bridgehead atoms. The van der Waals surface area contributed by atoms with E-state index >= 15 is 0 Å². The topological polar surface area (TPSA) is 130 Å². The normalized spacial score (nSPS) is 36.1. The number of nitrogens with zero attached hydrogens (tertiary/aromatic N) is 4. The van der Waals surface area contributed by atoms with Crippen LogP contribution in [0.25, 0.3) is 0 Å². The summed E-state index contributed by atoms with van der Waals surface area (Å²) in [5.41, 5.74) is 0.188. The number of ether oxygens (including phenoxy) is 4. The van der Waals surface area contributed by atoms with E-state index in [1.165, 1.54) is 10.4 Å². The second-order valence-electron chi connectivity index (χ2n) is 18.8. The smallest absolute Gasteiger partial charge is 0.410 e. The van der Waals surface area contributed by atoms with Crippen molar-refractivity contribution < 1.29 is 38.4 Å². The third-order valence-corrected chi connectivity index (χ3v) is 14.6. The molecule has 0 radical (unpaired) electrons. The van der Waals surface area contributed by atoms with E-state index in [9.17, 15) is 19.5 Å². The SMILES string of the molecule is CC[C@@H]1OC(=O)[C@H](C)C(=O)[C@H](C)[C@@H](OC2O[C@H](C)C[C@H](N(C)C)[C@H]2O)[C@@](C)(CC#Cc2ccc(CN(C)Cc3ccccc3)s2)C[C@@H](C)C2=NCCN3C(=O)O[C@@]1(C)[C@H]3[C@@H]2C. The van der Waals surface area contributed by atoms with Crippen molar-refractivity contribution in [3.63, 3.8) is 0 Å². The number of aliphatic hydroxyl groups excluding tert-OH is 1. The van der Waals surface area contributed by atoms with Gasteiger partial charge in [-0.05, 0) is 84.8 Å². The summed E-state index contributed by atoms with van der Waals surface area (Å²) in [5.74, 6) is 3.55. The predicted molar refractivity (Wildman–Crippen MR) is 237 cm³/mol. The van der Waals surface area contributed by atoms with E-state index in [0.29, 0.717) is 38.8 Å². The molecule has 1 aromatic heterocycles. The monoisotopic (exact) mass is 860 g/mol. The van der Waals surface area contributed by atoms with Gasteiger partial charge < -0.3 is 29.0 Å². The van der Waals surface area contributed by atoms with E-state index in [4.69, 9.17) is 23.9 Å². The van der Waals surface area contributed by atoms with Crippen molar-refractivity contribution in [1.29, 1.82) is 0 Å². The van der Waals surface area contributed by atoms with Gasteiger partial charge in [0.2, 0.25) is 0 Å². The number of aliphatic imine (C=N–C) groups is 1. The van der Waals surface area contributed by atoms with E-state index in [1.807, 2.05) is 45.8 Å². The lowest BCUT2D eigenvalue weighted by Crippen LogP contribution is -2.58. The number of hydrogen-bond acceptors (Lipinski definition) is 12. The molecule has 61 heavy (non-hydrogen) atoms. The molecular formula is C48H68N4O8S. The largest absolute Gasteiger partial charge is 0.458 e. The third kappa shape index (κ3) is 10.1. The van der Waals surface area contributed by atoms with Gasteiger partial charge in [-0.15, -0.1) is 11.3 Å². The standard InChI is InChI=1S/C48H68N4O8S/c1-12-38-48(8)42-31(4)39(49-23-24-52(42)46(56)60-48)29(2)26-47(7,22-16-19-35-20-21-36(61-35)28-51(11)27-34-17-14-13-15-18-34)43(32(5)40(53)33(6)44(55)58-38)59-45-41(54)37(50(9)10)25-30(3)57-45/h13-15,17-18,20-21,29-33,37-38,41-43,45,54H,12,22-28H2,1-11H3/t29-,30-,31-,32+,33-,37+,38+,41-,42-,43-,45?,47+,48-/m1/s1. The van der Waals surface area contributed by atoms with Crippen LogP contribution in [-0.2, 0) is 41.6 Å². The van der Waals surface area contributed by atoms with Crippen LogP contribution in [0.1, 0.15) is 96.4 Å². The van der Waals surface area contributed by atoms with Gasteiger partial charge in [-0.1, -0.05) is 76.8 Å². The first-order valence-corrected chi connectivity index (χ1v) is 22.9. The van der Waals surface area contributed by atoms with Crippen molar-refractivity contribution in [3.05, 3.63) is 57.8 Å². The Morgan fingerprint density at radius 3 is 2.41 bits per heavy atom. The number of Topliss-reactive ketones (excluding diaryl/α,β-unsaturated/α-hetero) is 1. The quantitative estimate of drug-likeness (QED) is 0.163. The number of rotatable bonds is 9. The highest BCUT2D eigenvalue weighted by molar-refractivity contribution is 7.12. The molecule has 3 saturated heterocycles. The van der Waals surface area contributed by atoms with Crippen molar-refractivity contribution in [3.8, 4) is 11.8 Å². The highest BCUT2D eigenvalue weighted by Crippen LogP contribution is 2.46. The molecule has 4 aliphatic heterocycles. The van der Waals surface area contributed by atoms with Crippen molar-refractivity contribution in [2.24, 2.45) is 34.1 Å². The number of carbonyl (C=O) groups excluding carboxylic acids is 3. The van der Waals surface area contributed by atoms with Crippen LogP contribution >= 0.6 is 11.3 Å². The molecule has 1 unspecified atom stereocenters. The zero-order chi connectivity index (χ0) is 44.4. The maximum absolute atomic E-state index is 14.7. The summed E-state index contributed by atoms with van der Waals surface area (Å²) in [6.07, 6.45) is -2.51. The summed E-state index contributed by atoms with van der Waals surface area (Å²) >= 11 is 1.66. The first-order chi connectivity index (χ1) is 28.9. The summed E-state index contributed by atoms with van der Waals surface area (Å²) in [7, 11) is 5.97. The van der Waals surface area contributed by atoms with E-state index in [0.717, 1.165) is 23.7 Å². The number of thiophene rings is 1. The average molecular weight is 861 g/mol. The Kier molecular flexibility index (Phi) is 14.9. The molecule has 0 saturated carbocycles. The number of benzene rings is 1. The third-order valence-electron chi connectivity index (χ3n) is 13.6. The van der Waals surface area contributed by atoms with Gasteiger partial charge >= 0.3 is 12.1 Å². The van der Waals surface area contributed by atoms with Crippen molar-refractivity contribution in [2.75, 3.05) is 34.2 Å². The van der Waals surface area contributed by atoms with E-state index in [1.54, 1.807) is 30.1 Å². The van der Waals surface area contributed by atoms with Gasteiger partial charge in [-0.3, -0.25) is 24.4 Å². The first kappa shape index (κ1) is 46.9. The number of hydrogen-bond donors (Lipinski definition) is 1. The van der Waals surface area contributed by atoms with Crippen molar-refractivity contribution >= 4 is 34.9 Å². The lowest BCUT2D eigenvalue weighted by atomic mass is 9.66. The molecule has 334 valence electrons. The second-order valence-corrected chi connectivity index (χ2v) is 20.0. The zero-order valence-corrected chi connectivity index (χ0v) is 38.9. The Labute approximate surface area is 367 Å². The Balaban J connectivity index is 1.39. The highest BCUT2D eigenvalue weighted by Gasteiger charge is 2.60. The molecule has 13 atom stereocenters. The maximum Gasteiger partial charge on any atom is 0.410 e. The van der Waals surface area contributed by atoms with Gasteiger partial charge in [0.1, 0.15) is 18.1 Å². The van der Waals surface area contributed by atoms with Gasteiger partial charge in [0.15, 0.2) is 17.7 Å². The predicted octanol–water partition coefficient (Wildman–Crippen LogP) is 6.81. The Bertz CT molecular complexity index is 1960. The van der Waals surface area contributed by atoms with Crippen LogP contribution in [0.2, 0.25) is 0 Å². The molecule has 1 N–H and O–H groups in total. The number of esters is 1. The van der Waals surface area contributed by atoms with Gasteiger partial charge in [-0.25, -0.2) is 4.79 Å². The minimum absolute atomic E-state index is 0.141. The molecule has 6 rings (SSSR count). The fourth-order valence-corrected chi connectivity index (χ4v) is 11.5. The minimum Gasteiger partial charge on any atom is -0.458 e. The minimum atomic E-state index is -1.17. The number of carbonyl (C=O) groups is 3. The van der Waals surface area contributed by atoms with E-state index in [-0.39, 0.29) is 29.8 Å². The zero-order valence-electron chi connectivity index (χ0n) is 38.1. The summed E-state index contributed by atoms with van der Waals surface area (Å²) in [4.78, 5) is 55.6. The molecule has 4 aliphatic rings. The van der Waals surface area contributed by atoms with E-state index in [2.05, 4.69) is 81.0 Å². The lowest BCUT2D eigenvalue weighted by Gasteiger charge is -2.47. The number of aliphatic hydroxyl groups is 1. The number of ketones is 1. The Morgan fingerprint density at radius 1 is 1.00 bits per heavy atom. The molecule has 12 nitrogen and oxygen atoms in total. The molecule has 0 spiro atoms. The van der Waals surface area contributed by atoms with Crippen LogP contribution in [0.5, 0.6) is 0 Å². The van der Waals surface area contributed by atoms with Crippen LogP contribution < -0.4 is 0 Å². The maximum atomic E-state index is 14.7. The first-order valence-electron chi connectivity index (χ1n) is 22.1. The van der Waals surface area contributed by atoms with Crippen LogP contribution in [0.4, 0.5) is 4.79 Å². The Hall–Kier alpha value is -3.64. The van der Waals surface area contributed by atoms with Gasteiger partial charge in [0.25, 0.3) is 0 Å². The summed E-state index contributed by atoms with van der Waals surface area (Å²) < 4.78 is 25.7. The molecule has 3 fully saturated rings. The highest BCUT2D eigenvalue weighted by atomic mass is 32.1. The lowest BCUT2D eigenvalue weighted by molar-refractivity contribution is -0.286. The molecule has 2 aromatic rings. The van der Waals surface area contributed by atoms with E-state index < -0.39 is 65.6 Å². The fraction of sp³-hybridized carbons (Fsp3) is 0.667. The van der Waals surface area contributed by atoms with Crippen LogP contribution in [-0.4, -0.2) is 126 Å². The number of likely N-dealkylation sites (N-methyl/N-ethyl adjacent to an activating group) is 1. The molecular weight excluding hydrogens is 793 g/mol. The number of fused-ring (bicyclic) bond motifs is 1. The molecule has 13 heteroatoms. The molecule has 5 heterocycles. The summed E-state index contributed by atoms with van der Waals surface area (Å²) in [5, 5.41) is 11.8. The Morgan fingerprint density at radius 2 is 1.72 bits per heavy atom. The fourth-order valence-electron chi connectivity index (χ4n) is 10.5. The van der Waals surface area contributed by atoms with Crippen LogP contribution in [0, 0.1) is 40.9 Å². The summed E-state index contributed by atoms with van der Waals surface area (Å²) in [6, 6.07) is 13.9. The van der Waals surface area contributed by atoms with Gasteiger partial charge in [0, 0.05) is 59.9 Å². The van der Waals surface area contributed by atoms with Gasteiger partial charge in [0.05, 0.1) is 29.7 Å². The van der Waals surface area contributed by atoms with Crippen LogP contribution in [0.3, 0.4) is 0 Å². The number of cyclic esters (lactones) is 1. The average Bonchev–Trinajstić information content (AvgIpc) is 3.69. The van der Waals surface area contributed by atoms with Crippen molar-refractivity contribution in [2.45, 2.75) is 143 Å². The molecule has 0 aliphatic carbocycles. The molecule has 1 aromatic carbocycles. The van der Waals surface area contributed by atoms with Crippen LogP contribution in [0.15, 0.2) is 47.5 Å². The van der Waals surface area contributed by atoms with Crippen molar-refractivity contribution in [1.82, 2.24) is 14.7 Å².